The molecule has 0 aromatic carbocycles. The van der Waals surface area contributed by atoms with Gasteiger partial charge in [0.25, 0.3) is 0 Å². The molecule has 0 amide bonds. The average Bonchev–Trinajstić information content (AvgIpc) is 2.18. The number of rotatable bonds is 0. The van der Waals surface area contributed by atoms with Gasteiger partial charge in [0.1, 0.15) is 0 Å². The SMILES string of the molecule is [2H]C1(N)CC2CCC1(N)C2. The molecule has 0 saturated heterocycles. The lowest BCUT2D eigenvalue weighted by Gasteiger charge is -2.27. The minimum Gasteiger partial charge on any atom is -0.326 e. The van der Waals surface area contributed by atoms with E-state index < -0.39 is 6.02 Å². The Morgan fingerprint density at radius 1 is 1.67 bits per heavy atom. The second-order valence-corrected chi connectivity index (χ2v) is 3.49. The van der Waals surface area contributed by atoms with Gasteiger partial charge in [-0.3, -0.25) is 0 Å². The number of nitrogens with two attached hydrogens (primary N) is 2. The molecule has 2 aliphatic rings. The summed E-state index contributed by atoms with van der Waals surface area (Å²) in [4.78, 5) is 0. The maximum Gasteiger partial charge on any atom is 0.0482 e. The third-order valence-electron chi connectivity index (χ3n) is 2.80. The van der Waals surface area contributed by atoms with Crippen LogP contribution in [-0.2, 0) is 0 Å². The van der Waals surface area contributed by atoms with Crippen LogP contribution in [-0.4, -0.2) is 11.6 Å². The fraction of sp³-hybridized carbons (Fsp3) is 1.00. The van der Waals surface area contributed by atoms with Crippen molar-refractivity contribution in [2.24, 2.45) is 17.4 Å². The van der Waals surface area contributed by atoms with Crippen LogP contribution in [0.3, 0.4) is 0 Å². The first-order valence-electron chi connectivity index (χ1n) is 4.11. The van der Waals surface area contributed by atoms with E-state index in [-0.39, 0.29) is 5.54 Å². The molecule has 0 aromatic heterocycles. The van der Waals surface area contributed by atoms with Crippen molar-refractivity contribution in [3.63, 3.8) is 0 Å². The summed E-state index contributed by atoms with van der Waals surface area (Å²) in [6, 6.07) is -0.823. The quantitative estimate of drug-likeness (QED) is 0.489. The van der Waals surface area contributed by atoms with E-state index in [1.54, 1.807) is 0 Å². The molecule has 2 bridgehead atoms. The molecule has 0 spiro atoms. The van der Waals surface area contributed by atoms with Crippen LogP contribution in [0.5, 0.6) is 0 Å². The Morgan fingerprint density at radius 3 is 2.67 bits per heavy atom. The maximum atomic E-state index is 7.72. The van der Waals surface area contributed by atoms with Gasteiger partial charge in [-0.15, -0.1) is 0 Å². The average molecular weight is 127 g/mol. The third-order valence-corrected chi connectivity index (χ3v) is 2.80. The number of hydrogen-bond donors (Lipinski definition) is 2. The van der Waals surface area contributed by atoms with E-state index in [1.165, 1.54) is 6.42 Å². The predicted octanol–water partition coefficient (Wildman–Crippen LogP) is 0.215. The first kappa shape index (κ1) is 4.69. The van der Waals surface area contributed by atoms with Crippen LogP contribution in [0.15, 0.2) is 0 Å². The van der Waals surface area contributed by atoms with Gasteiger partial charge < -0.3 is 11.5 Å². The summed E-state index contributed by atoms with van der Waals surface area (Å²) in [6.45, 7) is 0. The lowest BCUT2D eigenvalue weighted by molar-refractivity contribution is 0.361. The summed E-state index contributed by atoms with van der Waals surface area (Å²) in [5, 5.41) is 0. The van der Waals surface area contributed by atoms with Crippen LogP contribution in [0, 0.1) is 5.92 Å². The van der Waals surface area contributed by atoms with Crippen LogP contribution in [0.1, 0.15) is 27.1 Å². The van der Waals surface area contributed by atoms with Crippen LogP contribution in [0.4, 0.5) is 0 Å². The van der Waals surface area contributed by atoms with Gasteiger partial charge >= 0.3 is 0 Å². The van der Waals surface area contributed by atoms with E-state index in [4.69, 9.17) is 12.8 Å². The van der Waals surface area contributed by atoms with Crippen LogP contribution in [0.2, 0.25) is 0 Å². The molecule has 0 heterocycles. The first-order chi connectivity index (χ1) is 4.54. The minimum absolute atomic E-state index is 0.350. The third kappa shape index (κ3) is 0.634. The Balaban J connectivity index is 2.31. The molecule has 0 radical (unpaired) electrons. The molecule has 4 N–H and O–H groups in total. The Bertz CT molecular complexity index is 167. The van der Waals surface area contributed by atoms with Crippen LogP contribution >= 0.6 is 0 Å². The van der Waals surface area contributed by atoms with Crippen LogP contribution < -0.4 is 11.5 Å². The molecule has 2 rings (SSSR count). The van der Waals surface area contributed by atoms with E-state index in [0.717, 1.165) is 19.3 Å². The van der Waals surface area contributed by atoms with E-state index in [1.807, 2.05) is 0 Å². The molecule has 2 aliphatic carbocycles. The molecule has 52 valence electrons. The van der Waals surface area contributed by atoms with Gasteiger partial charge in [-0.1, -0.05) is 0 Å². The van der Waals surface area contributed by atoms with Crippen molar-refractivity contribution >= 4 is 0 Å². The summed E-state index contributed by atoms with van der Waals surface area (Å²) in [5.41, 5.74) is 11.4. The molecule has 9 heavy (non-hydrogen) atoms. The molecule has 2 saturated carbocycles. The monoisotopic (exact) mass is 127 g/mol. The van der Waals surface area contributed by atoms with Crippen molar-refractivity contribution in [3.05, 3.63) is 0 Å². The highest BCUT2D eigenvalue weighted by molar-refractivity contribution is 5.07. The molecule has 0 aromatic rings. The summed E-state index contributed by atoms with van der Waals surface area (Å²) in [6.07, 6.45) is 3.93. The predicted molar refractivity (Wildman–Crippen MR) is 36.9 cm³/mol. The Labute approximate surface area is 57.0 Å². The normalized spacial score (nSPS) is 66.4. The molecule has 3 unspecified atom stereocenters. The number of hydrogen-bond acceptors (Lipinski definition) is 2. The molecule has 2 fully saturated rings. The summed E-state index contributed by atoms with van der Waals surface area (Å²) >= 11 is 0. The molecule has 3 atom stereocenters. The fourth-order valence-electron chi connectivity index (χ4n) is 2.16. The lowest BCUT2D eigenvalue weighted by atomic mass is 9.90. The molecule has 2 heteroatoms. The highest BCUT2D eigenvalue weighted by atomic mass is 14.9. The van der Waals surface area contributed by atoms with Crippen molar-refractivity contribution in [1.29, 1.82) is 0 Å². The summed E-state index contributed by atoms with van der Waals surface area (Å²) in [5.74, 6) is 0.646. The van der Waals surface area contributed by atoms with Crippen molar-refractivity contribution in [1.82, 2.24) is 0 Å². The highest BCUT2D eigenvalue weighted by Crippen LogP contribution is 2.44. The molecular formula is C7H14N2. The van der Waals surface area contributed by atoms with E-state index in [0.29, 0.717) is 5.92 Å². The largest absolute Gasteiger partial charge is 0.326 e. The van der Waals surface area contributed by atoms with E-state index >= 15 is 0 Å². The topological polar surface area (TPSA) is 52.0 Å². The van der Waals surface area contributed by atoms with Crippen molar-refractivity contribution < 1.29 is 1.37 Å². The minimum atomic E-state index is -0.823. The van der Waals surface area contributed by atoms with Crippen molar-refractivity contribution in [3.8, 4) is 0 Å². The maximum absolute atomic E-state index is 7.72. The Hall–Kier alpha value is -0.0800. The van der Waals surface area contributed by atoms with Gasteiger partial charge in [-0.25, -0.2) is 0 Å². The molecular weight excluding hydrogens is 112 g/mol. The number of fused-ring (bicyclic) bond motifs is 2. The van der Waals surface area contributed by atoms with Crippen molar-refractivity contribution in [2.75, 3.05) is 0 Å². The fourth-order valence-corrected chi connectivity index (χ4v) is 2.16. The van der Waals surface area contributed by atoms with Gasteiger partial charge in [0.05, 0.1) is 0 Å². The van der Waals surface area contributed by atoms with E-state index in [9.17, 15) is 0 Å². The smallest absolute Gasteiger partial charge is 0.0482 e. The van der Waals surface area contributed by atoms with Gasteiger partial charge in [-0.2, -0.15) is 0 Å². The van der Waals surface area contributed by atoms with Gasteiger partial charge in [0.15, 0.2) is 0 Å². The van der Waals surface area contributed by atoms with Crippen molar-refractivity contribution in [2.45, 2.75) is 37.2 Å². The molecule has 2 nitrogen and oxygen atoms in total. The second kappa shape index (κ2) is 1.50. The van der Waals surface area contributed by atoms with Gasteiger partial charge in [-0.05, 0) is 31.6 Å². The second-order valence-electron chi connectivity index (χ2n) is 3.49. The Kier molecular flexibility index (Phi) is 0.780. The standard InChI is InChI=1S/C7H14N2/c8-6-3-5-1-2-7(6,9)4-5/h5-6H,1-4,8-9H2/i6D. The zero-order valence-corrected chi connectivity index (χ0v) is 5.56. The lowest BCUT2D eigenvalue weighted by Crippen LogP contribution is -2.50. The summed E-state index contributed by atoms with van der Waals surface area (Å²) < 4.78 is 7.72. The first-order valence-corrected chi connectivity index (χ1v) is 3.61. The van der Waals surface area contributed by atoms with Crippen LogP contribution in [0.25, 0.3) is 0 Å². The highest BCUT2D eigenvalue weighted by Gasteiger charge is 2.47. The van der Waals surface area contributed by atoms with Gasteiger partial charge in [0, 0.05) is 12.9 Å². The zero-order valence-electron chi connectivity index (χ0n) is 6.56. The summed E-state index contributed by atoms with van der Waals surface area (Å²) in [7, 11) is 0. The zero-order chi connectivity index (χ0) is 7.41. The molecule has 0 aliphatic heterocycles. The van der Waals surface area contributed by atoms with E-state index in [2.05, 4.69) is 0 Å². The van der Waals surface area contributed by atoms with Gasteiger partial charge in [0.2, 0.25) is 0 Å². The Morgan fingerprint density at radius 2 is 2.44 bits per heavy atom.